The van der Waals surface area contributed by atoms with Crippen molar-refractivity contribution in [3.63, 3.8) is 0 Å². The largest absolute Gasteiger partial charge is 0.398 e. The Balaban J connectivity index is 2.16. The van der Waals surface area contributed by atoms with E-state index in [4.69, 9.17) is 0 Å². The molecule has 2 nitrogen and oxygen atoms in total. The van der Waals surface area contributed by atoms with Gasteiger partial charge in [-0.1, -0.05) is 12.1 Å². The van der Waals surface area contributed by atoms with Gasteiger partial charge < -0.3 is 5.32 Å². The molecular formula is C15H14F3NOS2. The molecule has 22 heavy (non-hydrogen) atoms. The summed E-state index contributed by atoms with van der Waals surface area (Å²) in [5.41, 5.74) is 0.947. The molecule has 1 heterocycles. The maximum atomic E-state index is 12.3. The van der Waals surface area contributed by atoms with E-state index in [0.717, 1.165) is 9.75 Å². The lowest BCUT2D eigenvalue weighted by Gasteiger charge is -2.11. The van der Waals surface area contributed by atoms with E-state index in [1.54, 1.807) is 30.3 Å². The van der Waals surface area contributed by atoms with E-state index in [0.29, 0.717) is 27.9 Å². The molecule has 0 aliphatic heterocycles. The minimum absolute atomic E-state index is 0.304. The third-order valence-corrected chi connectivity index (χ3v) is 4.92. The molecule has 2 rings (SSSR count). The van der Waals surface area contributed by atoms with Crippen LogP contribution in [0.3, 0.4) is 0 Å². The van der Waals surface area contributed by atoms with Crippen LogP contribution in [0.15, 0.2) is 35.2 Å². The van der Waals surface area contributed by atoms with Gasteiger partial charge in [0.15, 0.2) is 0 Å². The molecule has 0 unspecified atom stereocenters. The van der Waals surface area contributed by atoms with Crippen molar-refractivity contribution in [1.29, 1.82) is 0 Å². The zero-order chi connectivity index (χ0) is 16.3. The van der Waals surface area contributed by atoms with Crippen molar-refractivity contribution in [3.05, 3.63) is 45.6 Å². The molecule has 0 atom stereocenters. The number of carbonyl (C=O) groups excluding carboxylic acids is 1. The summed E-state index contributed by atoms with van der Waals surface area (Å²) in [5, 5.41) is 2.70. The molecule has 0 saturated heterocycles. The van der Waals surface area contributed by atoms with Crippen molar-refractivity contribution >= 4 is 34.7 Å². The number of aryl methyl sites for hydroxylation is 2. The van der Waals surface area contributed by atoms with Crippen molar-refractivity contribution in [2.45, 2.75) is 24.9 Å². The summed E-state index contributed by atoms with van der Waals surface area (Å²) in [6, 6.07) is 8.27. The molecule has 0 aliphatic rings. The molecule has 2 aromatic rings. The Morgan fingerprint density at radius 1 is 1.27 bits per heavy atom. The van der Waals surface area contributed by atoms with E-state index in [-0.39, 0.29) is 5.91 Å². The molecule has 0 fully saturated rings. The Bertz CT molecular complexity index is 680. The van der Waals surface area contributed by atoms with Gasteiger partial charge in [-0.05, 0) is 32.0 Å². The normalized spacial score (nSPS) is 11.5. The molecule has 0 radical (unpaired) electrons. The van der Waals surface area contributed by atoms with Crippen LogP contribution < -0.4 is 5.32 Å². The molecule has 118 valence electrons. The fourth-order valence-electron chi connectivity index (χ4n) is 1.90. The Morgan fingerprint density at radius 3 is 2.55 bits per heavy atom. The minimum atomic E-state index is -4.25. The van der Waals surface area contributed by atoms with Crippen LogP contribution in [0.2, 0.25) is 0 Å². The van der Waals surface area contributed by atoms with Gasteiger partial charge in [0.05, 0.1) is 17.0 Å². The van der Waals surface area contributed by atoms with Crippen LogP contribution in [-0.4, -0.2) is 17.8 Å². The summed E-state index contributed by atoms with van der Waals surface area (Å²) in [6.45, 7) is 3.75. The van der Waals surface area contributed by atoms with Crippen LogP contribution in [0, 0.1) is 13.8 Å². The smallest absolute Gasteiger partial charge is 0.321 e. The number of para-hydroxylation sites is 1. The Morgan fingerprint density at radius 2 is 1.95 bits per heavy atom. The van der Waals surface area contributed by atoms with Gasteiger partial charge in [-0.25, -0.2) is 0 Å². The van der Waals surface area contributed by atoms with Crippen LogP contribution in [0.25, 0.3) is 0 Å². The van der Waals surface area contributed by atoms with E-state index in [2.05, 4.69) is 5.32 Å². The van der Waals surface area contributed by atoms with E-state index < -0.39 is 11.9 Å². The van der Waals surface area contributed by atoms with Gasteiger partial charge in [0.25, 0.3) is 5.91 Å². The van der Waals surface area contributed by atoms with Gasteiger partial charge in [0.1, 0.15) is 0 Å². The first kappa shape index (κ1) is 16.9. The number of thioether (sulfide) groups is 1. The highest BCUT2D eigenvalue weighted by Crippen LogP contribution is 2.32. The monoisotopic (exact) mass is 345 g/mol. The number of rotatable bonds is 4. The zero-order valence-corrected chi connectivity index (χ0v) is 13.6. The fourth-order valence-corrected chi connectivity index (χ4v) is 3.59. The predicted molar refractivity (Wildman–Crippen MR) is 85.0 cm³/mol. The number of nitrogens with one attached hydrogen (secondary N) is 1. The van der Waals surface area contributed by atoms with Gasteiger partial charge in [-0.3, -0.25) is 4.79 Å². The summed E-state index contributed by atoms with van der Waals surface area (Å²) >= 11 is 2.17. The third-order valence-electron chi connectivity index (χ3n) is 2.81. The zero-order valence-electron chi connectivity index (χ0n) is 12.0. The van der Waals surface area contributed by atoms with Crippen molar-refractivity contribution in [2.75, 3.05) is 11.1 Å². The highest BCUT2D eigenvalue weighted by molar-refractivity contribution is 7.99. The fraction of sp³-hybridized carbons (Fsp3) is 0.267. The van der Waals surface area contributed by atoms with Crippen LogP contribution in [0.1, 0.15) is 20.1 Å². The Kier molecular flexibility index (Phi) is 5.18. The molecule has 1 aromatic carbocycles. The second kappa shape index (κ2) is 6.75. The highest BCUT2D eigenvalue weighted by Gasteiger charge is 2.27. The number of alkyl halides is 3. The van der Waals surface area contributed by atoms with Gasteiger partial charge >= 0.3 is 6.18 Å². The topological polar surface area (TPSA) is 29.1 Å². The molecule has 1 aromatic heterocycles. The van der Waals surface area contributed by atoms with Crippen LogP contribution in [0.5, 0.6) is 0 Å². The average molecular weight is 345 g/mol. The van der Waals surface area contributed by atoms with Crippen LogP contribution in [0.4, 0.5) is 18.9 Å². The summed E-state index contributed by atoms with van der Waals surface area (Å²) < 4.78 is 37.0. The molecule has 1 N–H and O–H groups in total. The van der Waals surface area contributed by atoms with Crippen LogP contribution in [-0.2, 0) is 0 Å². The quantitative estimate of drug-likeness (QED) is 0.765. The molecule has 1 amide bonds. The number of amides is 1. The highest BCUT2D eigenvalue weighted by atomic mass is 32.2. The first-order chi connectivity index (χ1) is 10.3. The van der Waals surface area contributed by atoms with Gasteiger partial charge in [0, 0.05) is 14.6 Å². The van der Waals surface area contributed by atoms with E-state index >= 15 is 0 Å². The van der Waals surface area contributed by atoms with Gasteiger partial charge in [-0.2, -0.15) is 13.2 Å². The van der Waals surface area contributed by atoms with E-state index in [1.165, 1.54) is 11.3 Å². The maximum Gasteiger partial charge on any atom is 0.398 e. The number of thiophene rings is 1. The number of carbonyl (C=O) groups is 1. The summed E-state index contributed by atoms with van der Waals surface area (Å²) in [7, 11) is 0. The third kappa shape index (κ3) is 4.51. The first-order valence-corrected chi connectivity index (χ1v) is 8.23. The SMILES string of the molecule is Cc1cc(C(=O)Nc2ccccc2SCC(F)(F)F)c(C)s1. The lowest BCUT2D eigenvalue weighted by Crippen LogP contribution is -2.14. The number of halogens is 3. The minimum Gasteiger partial charge on any atom is -0.321 e. The molecule has 7 heteroatoms. The Labute approximate surface area is 134 Å². The predicted octanol–water partition coefficient (Wildman–Crippen LogP) is 5.27. The summed E-state index contributed by atoms with van der Waals surface area (Å²) in [5.74, 6) is -1.29. The second-order valence-corrected chi connectivity index (χ2v) is 7.16. The van der Waals surface area contributed by atoms with E-state index in [9.17, 15) is 18.0 Å². The maximum absolute atomic E-state index is 12.3. The van der Waals surface area contributed by atoms with Crippen molar-refractivity contribution < 1.29 is 18.0 Å². The van der Waals surface area contributed by atoms with Crippen molar-refractivity contribution in [3.8, 4) is 0 Å². The number of hydrogen-bond acceptors (Lipinski definition) is 3. The summed E-state index contributed by atoms with van der Waals surface area (Å²) in [4.78, 5) is 14.6. The second-order valence-electron chi connectivity index (χ2n) is 4.68. The van der Waals surface area contributed by atoms with Crippen molar-refractivity contribution in [1.82, 2.24) is 0 Å². The van der Waals surface area contributed by atoms with Gasteiger partial charge in [-0.15, -0.1) is 23.1 Å². The van der Waals surface area contributed by atoms with E-state index in [1.807, 2.05) is 13.8 Å². The number of anilines is 1. The molecule has 0 saturated carbocycles. The first-order valence-electron chi connectivity index (χ1n) is 6.43. The average Bonchev–Trinajstić information content (AvgIpc) is 2.76. The lowest BCUT2D eigenvalue weighted by molar-refractivity contribution is -0.105. The molecular weight excluding hydrogens is 331 g/mol. The van der Waals surface area contributed by atoms with Gasteiger partial charge in [0.2, 0.25) is 0 Å². The standard InChI is InChI=1S/C15H14F3NOS2/c1-9-7-11(10(2)22-9)14(20)19-12-5-3-4-6-13(12)21-8-15(16,17)18/h3-7H,8H2,1-2H3,(H,19,20). The molecule has 0 bridgehead atoms. The number of benzene rings is 1. The lowest BCUT2D eigenvalue weighted by atomic mass is 10.2. The molecule has 0 spiro atoms. The summed E-state index contributed by atoms with van der Waals surface area (Å²) in [6.07, 6.45) is -4.25. The van der Waals surface area contributed by atoms with Crippen molar-refractivity contribution in [2.24, 2.45) is 0 Å². The number of hydrogen-bond donors (Lipinski definition) is 1. The molecule has 0 aliphatic carbocycles. The Hall–Kier alpha value is -1.47. The van der Waals surface area contributed by atoms with Crippen LogP contribution >= 0.6 is 23.1 Å².